The second-order valence-corrected chi connectivity index (χ2v) is 11.3. The van der Waals surface area contributed by atoms with Crippen LogP contribution < -0.4 is 0 Å². The van der Waals surface area contributed by atoms with Gasteiger partial charge < -0.3 is 0 Å². The zero-order valence-electron chi connectivity index (χ0n) is 24.9. The Labute approximate surface area is 226 Å². The van der Waals surface area contributed by atoms with Crippen LogP contribution in [0.2, 0.25) is 0 Å². The van der Waals surface area contributed by atoms with Gasteiger partial charge in [0.15, 0.2) is 0 Å². The number of benzene rings is 3. The van der Waals surface area contributed by atoms with Gasteiger partial charge in [0.1, 0.15) is 0 Å². The SMILES string of the molecule is CCC1=C2Cc3c(c(CC)c4cc5c(CC)c(CC)c(CC)c(CC)c5cc4c3CC)CC2=C(CC)C1. The maximum absolute atomic E-state index is 2.64. The molecule has 0 unspecified atom stereocenters. The van der Waals surface area contributed by atoms with E-state index in [0.717, 1.165) is 51.4 Å². The first-order valence-electron chi connectivity index (χ1n) is 15.5. The molecule has 5 rings (SSSR count). The van der Waals surface area contributed by atoms with E-state index < -0.39 is 0 Å². The van der Waals surface area contributed by atoms with Crippen molar-refractivity contribution in [3.8, 4) is 0 Å². The average molecular weight is 493 g/mol. The predicted molar refractivity (Wildman–Crippen MR) is 164 cm³/mol. The van der Waals surface area contributed by atoms with Crippen molar-refractivity contribution in [2.24, 2.45) is 0 Å². The van der Waals surface area contributed by atoms with E-state index in [4.69, 9.17) is 0 Å². The van der Waals surface area contributed by atoms with Crippen molar-refractivity contribution in [2.45, 2.75) is 126 Å². The summed E-state index contributed by atoms with van der Waals surface area (Å²) in [7, 11) is 0. The highest BCUT2D eigenvalue weighted by molar-refractivity contribution is 6.05. The van der Waals surface area contributed by atoms with Crippen molar-refractivity contribution in [2.75, 3.05) is 0 Å². The van der Waals surface area contributed by atoms with Gasteiger partial charge in [0.05, 0.1) is 0 Å². The molecule has 3 aromatic rings. The minimum absolute atomic E-state index is 1.12. The van der Waals surface area contributed by atoms with Gasteiger partial charge >= 0.3 is 0 Å². The topological polar surface area (TPSA) is 0 Å². The zero-order chi connectivity index (χ0) is 26.4. The maximum atomic E-state index is 2.64. The molecular formula is C37H48. The summed E-state index contributed by atoms with van der Waals surface area (Å²) in [6, 6.07) is 5.29. The van der Waals surface area contributed by atoms with Crippen LogP contribution in [0.1, 0.15) is 119 Å². The van der Waals surface area contributed by atoms with Gasteiger partial charge in [0.25, 0.3) is 0 Å². The molecule has 0 amide bonds. The van der Waals surface area contributed by atoms with Crippen LogP contribution in [0.25, 0.3) is 21.5 Å². The molecule has 0 spiro atoms. The van der Waals surface area contributed by atoms with Crippen molar-refractivity contribution in [3.05, 3.63) is 78.9 Å². The van der Waals surface area contributed by atoms with Crippen molar-refractivity contribution >= 4 is 21.5 Å². The third-order valence-corrected chi connectivity index (χ3v) is 9.97. The molecule has 0 radical (unpaired) electrons. The fraction of sp³-hybridized carbons (Fsp3) is 0.514. The number of allylic oxidation sites excluding steroid dienone is 4. The smallest absolute Gasteiger partial charge is 0.00174 e. The molecule has 3 aromatic carbocycles. The summed E-state index contributed by atoms with van der Waals surface area (Å²) in [5, 5.41) is 6.18. The molecular weight excluding hydrogens is 444 g/mol. The Morgan fingerprint density at radius 3 is 1.00 bits per heavy atom. The molecule has 0 bridgehead atoms. The average Bonchev–Trinajstić information content (AvgIpc) is 3.29. The van der Waals surface area contributed by atoms with E-state index in [1.165, 1.54) is 30.0 Å². The molecule has 0 aromatic heterocycles. The lowest BCUT2D eigenvalue weighted by molar-refractivity contribution is 0.911. The van der Waals surface area contributed by atoms with Gasteiger partial charge in [0.2, 0.25) is 0 Å². The number of fused-ring (bicyclic) bond motifs is 4. The Balaban J connectivity index is 1.92. The maximum Gasteiger partial charge on any atom is -0.00174 e. The fourth-order valence-corrected chi connectivity index (χ4v) is 8.26. The van der Waals surface area contributed by atoms with E-state index in [-0.39, 0.29) is 0 Å². The molecule has 196 valence electrons. The first-order chi connectivity index (χ1) is 18.0. The third-order valence-electron chi connectivity index (χ3n) is 9.97. The van der Waals surface area contributed by atoms with Crippen molar-refractivity contribution in [1.82, 2.24) is 0 Å². The molecule has 0 nitrogen and oxygen atoms in total. The Hall–Kier alpha value is -2.34. The standard InChI is InChI=1S/C37H48/c1-9-22-17-23(10-2)31-19-33-29(16-8)37-21-35-27(14-6)25(12-4)24(11-3)26(13-5)34(35)20-36(37)28(15-7)32(33)18-30(22)31/h20-21H,9-19H2,1-8H3. The molecule has 0 saturated carbocycles. The molecule has 2 aliphatic carbocycles. The van der Waals surface area contributed by atoms with E-state index >= 15 is 0 Å². The van der Waals surface area contributed by atoms with Crippen molar-refractivity contribution < 1.29 is 0 Å². The van der Waals surface area contributed by atoms with Gasteiger partial charge in [-0.2, -0.15) is 0 Å². The Morgan fingerprint density at radius 1 is 0.378 bits per heavy atom. The lowest BCUT2D eigenvalue weighted by Gasteiger charge is -2.29. The molecule has 0 atom stereocenters. The van der Waals surface area contributed by atoms with Crippen LogP contribution in [-0.2, 0) is 51.4 Å². The van der Waals surface area contributed by atoms with Gasteiger partial charge in [0, 0.05) is 0 Å². The summed E-state index contributed by atoms with van der Waals surface area (Å²) in [6.07, 6.45) is 12.7. The van der Waals surface area contributed by atoms with Gasteiger partial charge in [-0.25, -0.2) is 0 Å². The van der Waals surface area contributed by atoms with E-state index in [9.17, 15) is 0 Å². The molecule has 0 heteroatoms. The van der Waals surface area contributed by atoms with Crippen molar-refractivity contribution in [3.63, 3.8) is 0 Å². The lowest BCUT2D eigenvalue weighted by atomic mass is 9.75. The van der Waals surface area contributed by atoms with Crippen LogP contribution in [0.3, 0.4) is 0 Å². The molecule has 2 aliphatic rings. The molecule has 0 heterocycles. The highest BCUT2D eigenvalue weighted by atomic mass is 14.4. The van der Waals surface area contributed by atoms with Crippen LogP contribution in [-0.4, -0.2) is 0 Å². The normalized spacial score (nSPS) is 15.4. The molecule has 0 aliphatic heterocycles. The zero-order valence-corrected chi connectivity index (χ0v) is 24.9. The largest absolute Gasteiger partial charge is 0.0626 e. The van der Waals surface area contributed by atoms with E-state index in [0.29, 0.717) is 0 Å². The second kappa shape index (κ2) is 10.4. The van der Waals surface area contributed by atoms with Gasteiger partial charge in [-0.15, -0.1) is 0 Å². The first-order valence-corrected chi connectivity index (χ1v) is 15.5. The molecule has 0 saturated heterocycles. The summed E-state index contributed by atoms with van der Waals surface area (Å²) in [5.41, 5.74) is 20.0. The lowest BCUT2D eigenvalue weighted by Crippen LogP contribution is -2.15. The first kappa shape index (κ1) is 26.3. The van der Waals surface area contributed by atoms with Gasteiger partial charge in [-0.3, -0.25) is 0 Å². The Bertz CT molecular complexity index is 1340. The highest BCUT2D eigenvalue weighted by Gasteiger charge is 2.31. The fourth-order valence-electron chi connectivity index (χ4n) is 8.26. The summed E-state index contributed by atoms with van der Waals surface area (Å²) in [6.45, 7) is 19.0. The minimum atomic E-state index is 1.12. The van der Waals surface area contributed by atoms with Crippen LogP contribution in [0.4, 0.5) is 0 Å². The van der Waals surface area contributed by atoms with E-state index in [1.807, 2.05) is 0 Å². The summed E-state index contributed by atoms with van der Waals surface area (Å²) in [4.78, 5) is 0. The Morgan fingerprint density at radius 2 is 0.703 bits per heavy atom. The highest BCUT2D eigenvalue weighted by Crippen LogP contribution is 2.47. The Kier molecular flexibility index (Phi) is 7.41. The molecule has 0 fully saturated rings. The molecule has 37 heavy (non-hydrogen) atoms. The number of rotatable bonds is 8. The van der Waals surface area contributed by atoms with E-state index in [1.54, 1.807) is 77.6 Å². The van der Waals surface area contributed by atoms with Crippen LogP contribution >= 0.6 is 0 Å². The summed E-state index contributed by atoms with van der Waals surface area (Å²) in [5.74, 6) is 0. The minimum Gasteiger partial charge on any atom is -0.0626 e. The summed E-state index contributed by atoms with van der Waals surface area (Å²) < 4.78 is 0. The van der Waals surface area contributed by atoms with Crippen LogP contribution in [0.15, 0.2) is 34.4 Å². The number of hydrogen-bond donors (Lipinski definition) is 0. The van der Waals surface area contributed by atoms with Crippen LogP contribution in [0, 0.1) is 0 Å². The second-order valence-electron chi connectivity index (χ2n) is 11.3. The third kappa shape index (κ3) is 3.85. The summed E-state index contributed by atoms with van der Waals surface area (Å²) >= 11 is 0. The predicted octanol–water partition coefficient (Wildman–Crippen LogP) is 10.3. The van der Waals surface area contributed by atoms with Crippen LogP contribution in [0.5, 0.6) is 0 Å². The van der Waals surface area contributed by atoms with Gasteiger partial charge in [-0.05, 0) is 160 Å². The quantitative estimate of drug-likeness (QED) is 0.274. The number of aryl methyl sites for hydroxylation is 4. The number of hydrogen-bond acceptors (Lipinski definition) is 0. The molecule has 0 N–H and O–H groups in total. The van der Waals surface area contributed by atoms with E-state index in [2.05, 4.69) is 67.5 Å². The monoisotopic (exact) mass is 492 g/mol. The van der Waals surface area contributed by atoms with Gasteiger partial charge in [-0.1, -0.05) is 66.5 Å². The van der Waals surface area contributed by atoms with Crippen molar-refractivity contribution in [1.29, 1.82) is 0 Å².